The van der Waals surface area contributed by atoms with E-state index < -0.39 is 30.2 Å². The number of carbonyl (C=O) groups is 1. The van der Waals surface area contributed by atoms with Gasteiger partial charge in [-0.3, -0.25) is 4.79 Å². The fourth-order valence-electron chi connectivity index (χ4n) is 4.39. The van der Waals surface area contributed by atoms with Crippen molar-refractivity contribution in [2.24, 2.45) is 0 Å². The monoisotopic (exact) mass is 522 g/mol. The highest BCUT2D eigenvalue weighted by atomic mass is 79.9. The number of oxazole rings is 1. The van der Waals surface area contributed by atoms with E-state index in [0.717, 1.165) is 5.01 Å². The molecule has 2 aliphatic rings. The first-order valence-electron chi connectivity index (χ1n) is 10.0. The number of hydrazine groups is 1. The van der Waals surface area contributed by atoms with Crippen molar-refractivity contribution in [2.45, 2.75) is 31.2 Å². The van der Waals surface area contributed by atoms with Crippen LogP contribution in [0.3, 0.4) is 0 Å². The average molecular weight is 523 g/mol. The van der Waals surface area contributed by atoms with Gasteiger partial charge < -0.3 is 14.5 Å². The molecule has 33 heavy (non-hydrogen) atoms. The van der Waals surface area contributed by atoms with Crippen molar-refractivity contribution in [1.29, 1.82) is 0 Å². The van der Waals surface area contributed by atoms with E-state index in [1.807, 2.05) is 0 Å². The summed E-state index contributed by atoms with van der Waals surface area (Å²) in [5.41, 5.74) is 4.03. The third-order valence-corrected chi connectivity index (χ3v) is 6.47. The Morgan fingerprint density at radius 3 is 2.58 bits per heavy atom. The quantitative estimate of drug-likeness (QED) is 0.533. The second-order valence-corrected chi connectivity index (χ2v) is 8.65. The van der Waals surface area contributed by atoms with E-state index in [4.69, 9.17) is 9.15 Å². The highest BCUT2D eigenvalue weighted by molar-refractivity contribution is 9.10. The van der Waals surface area contributed by atoms with Gasteiger partial charge in [-0.25, -0.2) is 15.4 Å². The van der Waals surface area contributed by atoms with Gasteiger partial charge in [0.2, 0.25) is 5.89 Å². The molecule has 3 unspecified atom stereocenters. The molecular formula is C22H18BrF3N4O3. The fourth-order valence-corrected chi connectivity index (χ4v) is 4.87. The first kappa shape index (κ1) is 21.8. The lowest BCUT2D eigenvalue weighted by Crippen LogP contribution is -2.54. The van der Waals surface area contributed by atoms with Crippen LogP contribution in [0.15, 0.2) is 57.1 Å². The summed E-state index contributed by atoms with van der Waals surface area (Å²) in [5, 5.41) is 4.06. The molecule has 7 nitrogen and oxygen atoms in total. The molecule has 11 heteroatoms. The standard InChI is InChI=1S/C22H18BrF3N4O3/c1-10-14(20-28-16-13(33-20)9-8-12(23)17(16)32-2)21(31)30-19(27-10)15(11-6-4-3-5-7-11)18(29-30)22(24,25)26/h3-9,15,18-19,27,29H,1-2H3. The molecule has 0 spiro atoms. The summed E-state index contributed by atoms with van der Waals surface area (Å²) in [6, 6.07) is 9.76. The molecule has 0 aliphatic carbocycles. The van der Waals surface area contributed by atoms with Crippen molar-refractivity contribution in [3.8, 4) is 5.75 Å². The number of ether oxygens (including phenoxy) is 1. The molecule has 5 rings (SSSR count). The number of aromatic nitrogens is 1. The maximum absolute atomic E-state index is 14.0. The molecule has 1 saturated heterocycles. The first-order valence-corrected chi connectivity index (χ1v) is 10.8. The Kier molecular flexibility index (Phi) is 5.13. The topological polar surface area (TPSA) is 79.6 Å². The number of hydrogen-bond donors (Lipinski definition) is 2. The Balaban J connectivity index is 1.59. The number of methoxy groups -OCH3 is 1. The second kappa shape index (κ2) is 7.77. The SMILES string of the molecule is COc1c(Br)ccc2oc(C3=C(C)NC4C(c5ccccc5)C(C(F)(F)F)NN4C3=O)nc12. The summed E-state index contributed by atoms with van der Waals surface area (Å²) in [6.45, 7) is 1.62. The minimum atomic E-state index is -4.58. The molecule has 3 aromatic rings. The van der Waals surface area contributed by atoms with E-state index in [1.54, 1.807) is 49.4 Å². The first-order chi connectivity index (χ1) is 15.7. The summed E-state index contributed by atoms with van der Waals surface area (Å²) in [6.07, 6.45) is -5.52. The van der Waals surface area contributed by atoms with Crippen LogP contribution in [0.5, 0.6) is 5.75 Å². The maximum Gasteiger partial charge on any atom is 0.406 e. The van der Waals surface area contributed by atoms with Gasteiger partial charge >= 0.3 is 6.18 Å². The van der Waals surface area contributed by atoms with Crippen LogP contribution in [0, 0.1) is 0 Å². The number of halogens is 4. The molecule has 1 fully saturated rings. The number of rotatable bonds is 3. The van der Waals surface area contributed by atoms with E-state index in [1.165, 1.54) is 7.11 Å². The minimum absolute atomic E-state index is 0.0108. The van der Waals surface area contributed by atoms with Gasteiger partial charge in [0.15, 0.2) is 16.8 Å². The maximum atomic E-state index is 14.0. The average Bonchev–Trinajstić information content (AvgIpc) is 3.36. The van der Waals surface area contributed by atoms with Crippen LogP contribution in [0.1, 0.15) is 24.3 Å². The number of alkyl halides is 3. The van der Waals surface area contributed by atoms with Crippen molar-refractivity contribution in [3.05, 3.63) is 64.1 Å². The van der Waals surface area contributed by atoms with E-state index in [9.17, 15) is 18.0 Å². The number of fused-ring (bicyclic) bond motifs is 2. The summed E-state index contributed by atoms with van der Waals surface area (Å²) >= 11 is 3.37. The number of allylic oxidation sites excluding steroid dienone is 1. The molecule has 1 aromatic heterocycles. The van der Waals surface area contributed by atoms with Gasteiger partial charge in [-0.15, -0.1) is 0 Å². The molecule has 3 heterocycles. The second-order valence-electron chi connectivity index (χ2n) is 7.80. The lowest BCUT2D eigenvalue weighted by atomic mass is 9.89. The predicted octanol–water partition coefficient (Wildman–Crippen LogP) is 4.32. The molecule has 0 bridgehead atoms. The van der Waals surface area contributed by atoms with Gasteiger partial charge in [0.05, 0.1) is 17.5 Å². The van der Waals surface area contributed by atoms with Crippen LogP contribution >= 0.6 is 15.9 Å². The zero-order valence-corrected chi connectivity index (χ0v) is 19.0. The van der Waals surface area contributed by atoms with E-state index in [-0.39, 0.29) is 11.5 Å². The minimum Gasteiger partial charge on any atom is -0.493 e. The van der Waals surface area contributed by atoms with Gasteiger partial charge in [0.25, 0.3) is 5.91 Å². The lowest BCUT2D eigenvalue weighted by Gasteiger charge is -2.34. The summed E-state index contributed by atoms with van der Waals surface area (Å²) in [5.74, 6) is -1.29. The van der Waals surface area contributed by atoms with Crippen molar-refractivity contribution in [2.75, 3.05) is 7.11 Å². The Bertz CT molecular complexity index is 1280. The molecule has 0 radical (unpaired) electrons. The summed E-state index contributed by atoms with van der Waals surface area (Å²) < 4.78 is 53.7. The van der Waals surface area contributed by atoms with Crippen LogP contribution in [0.4, 0.5) is 13.2 Å². The molecule has 0 saturated carbocycles. The smallest absolute Gasteiger partial charge is 0.406 e. The lowest BCUT2D eigenvalue weighted by molar-refractivity contribution is -0.161. The predicted molar refractivity (Wildman–Crippen MR) is 117 cm³/mol. The molecule has 3 atom stereocenters. The van der Waals surface area contributed by atoms with Crippen molar-refractivity contribution < 1.29 is 27.1 Å². The zero-order valence-electron chi connectivity index (χ0n) is 17.4. The normalized spacial score (nSPS) is 23.2. The highest BCUT2D eigenvalue weighted by Gasteiger charge is 2.58. The molecule has 2 N–H and O–H groups in total. The van der Waals surface area contributed by atoms with Gasteiger partial charge in [0.1, 0.15) is 17.8 Å². The van der Waals surface area contributed by atoms with Crippen LogP contribution in [-0.4, -0.2) is 41.4 Å². The molecule has 1 amide bonds. The number of amides is 1. The molecule has 172 valence electrons. The van der Waals surface area contributed by atoms with Crippen molar-refractivity contribution in [1.82, 2.24) is 20.7 Å². The van der Waals surface area contributed by atoms with Crippen molar-refractivity contribution >= 4 is 38.5 Å². The summed E-state index contributed by atoms with van der Waals surface area (Å²) in [4.78, 5) is 17.8. The van der Waals surface area contributed by atoms with E-state index in [0.29, 0.717) is 32.6 Å². The Labute approximate surface area is 194 Å². The number of carbonyl (C=O) groups excluding carboxylic acids is 1. The highest BCUT2D eigenvalue weighted by Crippen LogP contribution is 2.43. The third-order valence-electron chi connectivity index (χ3n) is 5.85. The van der Waals surface area contributed by atoms with Crippen LogP contribution in [0.2, 0.25) is 0 Å². The van der Waals surface area contributed by atoms with Crippen LogP contribution < -0.4 is 15.5 Å². The fraction of sp³-hybridized carbons (Fsp3) is 0.273. The Morgan fingerprint density at radius 1 is 1.18 bits per heavy atom. The van der Waals surface area contributed by atoms with Crippen LogP contribution in [0.25, 0.3) is 16.7 Å². The number of benzene rings is 2. The van der Waals surface area contributed by atoms with Crippen LogP contribution in [-0.2, 0) is 4.79 Å². The number of hydrogen-bond acceptors (Lipinski definition) is 6. The van der Waals surface area contributed by atoms with E-state index >= 15 is 0 Å². The van der Waals surface area contributed by atoms with Crippen molar-refractivity contribution in [3.63, 3.8) is 0 Å². The molecular weight excluding hydrogens is 505 g/mol. The number of nitrogens with zero attached hydrogens (tertiary/aromatic N) is 2. The zero-order chi connectivity index (χ0) is 23.5. The van der Waals surface area contributed by atoms with Gasteiger partial charge in [-0.2, -0.15) is 13.2 Å². The Morgan fingerprint density at radius 2 is 1.91 bits per heavy atom. The number of nitrogens with one attached hydrogen (secondary N) is 2. The molecule has 2 aliphatic heterocycles. The van der Waals surface area contributed by atoms with E-state index in [2.05, 4.69) is 31.7 Å². The summed E-state index contributed by atoms with van der Waals surface area (Å²) in [7, 11) is 1.48. The van der Waals surface area contributed by atoms with Gasteiger partial charge in [-0.05, 0) is 40.5 Å². The largest absolute Gasteiger partial charge is 0.493 e. The Hall–Kier alpha value is -3.05. The van der Waals surface area contributed by atoms with Gasteiger partial charge in [-0.1, -0.05) is 30.3 Å². The van der Waals surface area contributed by atoms with Gasteiger partial charge in [0, 0.05) is 5.70 Å². The molecule has 2 aromatic carbocycles. The third kappa shape index (κ3) is 3.46.